The maximum Gasteiger partial charge on any atom is 0.288 e. The van der Waals surface area contributed by atoms with Gasteiger partial charge >= 0.3 is 0 Å². The monoisotopic (exact) mass is 492 g/mol. The van der Waals surface area contributed by atoms with Crippen LogP contribution in [0.4, 0.5) is 11.4 Å². The SMILES string of the molecule is O=C(NN=Cc1ccc(Cl)c([N+](=O)[O-])c1)c1ccccc1NS(=O)(=O)c1ccc(Cl)cc1. The van der Waals surface area contributed by atoms with Gasteiger partial charge in [-0.2, -0.15) is 5.10 Å². The zero-order valence-corrected chi connectivity index (χ0v) is 18.4. The van der Waals surface area contributed by atoms with E-state index in [9.17, 15) is 23.3 Å². The smallest absolute Gasteiger partial charge is 0.279 e. The highest BCUT2D eigenvalue weighted by Crippen LogP contribution is 2.24. The highest BCUT2D eigenvalue weighted by Gasteiger charge is 2.18. The fourth-order valence-electron chi connectivity index (χ4n) is 2.56. The molecule has 0 radical (unpaired) electrons. The molecule has 0 aromatic heterocycles. The van der Waals surface area contributed by atoms with E-state index in [1.807, 2.05) is 0 Å². The van der Waals surface area contributed by atoms with E-state index in [1.54, 1.807) is 12.1 Å². The largest absolute Gasteiger partial charge is 0.288 e. The summed E-state index contributed by atoms with van der Waals surface area (Å²) in [6.45, 7) is 0. The van der Waals surface area contributed by atoms with Gasteiger partial charge in [0.05, 0.1) is 27.3 Å². The van der Waals surface area contributed by atoms with E-state index in [0.717, 1.165) is 0 Å². The summed E-state index contributed by atoms with van der Waals surface area (Å²) in [5, 5.41) is 15.1. The Balaban J connectivity index is 1.77. The minimum Gasteiger partial charge on any atom is -0.279 e. The molecule has 2 N–H and O–H groups in total. The van der Waals surface area contributed by atoms with E-state index in [0.29, 0.717) is 10.6 Å². The highest BCUT2D eigenvalue weighted by molar-refractivity contribution is 7.92. The number of carbonyl (C=O) groups excluding carboxylic acids is 1. The molecular weight excluding hydrogens is 479 g/mol. The first-order valence-electron chi connectivity index (χ1n) is 8.82. The number of anilines is 1. The van der Waals surface area contributed by atoms with Gasteiger partial charge in [-0.25, -0.2) is 13.8 Å². The molecule has 0 aliphatic rings. The standard InChI is InChI=1S/C20H14Cl2N4O5S/c21-14-6-8-15(9-7-14)32(30,31)25-18-4-2-1-3-16(18)20(27)24-23-12-13-5-10-17(22)19(11-13)26(28)29/h1-12,25H,(H,24,27). The van der Waals surface area contributed by atoms with E-state index < -0.39 is 20.9 Å². The molecule has 0 aliphatic heterocycles. The lowest BCUT2D eigenvalue weighted by molar-refractivity contribution is -0.384. The molecule has 164 valence electrons. The summed E-state index contributed by atoms with van der Waals surface area (Å²) in [7, 11) is -3.97. The molecule has 3 aromatic carbocycles. The Hall–Kier alpha value is -3.47. The van der Waals surface area contributed by atoms with Crippen molar-refractivity contribution in [2.45, 2.75) is 4.90 Å². The van der Waals surface area contributed by atoms with Gasteiger partial charge < -0.3 is 0 Å². The van der Waals surface area contributed by atoms with Crippen molar-refractivity contribution < 1.29 is 18.1 Å². The summed E-state index contributed by atoms with van der Waals surface area (Å²) in [6, 6.07) is 15.5. The van der Waals surface area contributed by atoms with Crippen LogP contribution in [0.5, 0.6) is 0 Å². The number of nitro benzene ring substituents is 1. The van der Waals surface area contributed by atoms with Crippen molar-refractivity contribution in [3.8, 4) is 0 Å². The molecule has 0 heterocycles. The van der Waals surface area contributed by atoms with Crippen LogP contribution in [0.25, 0.3) is 0 Å². The molecule has 1 amide bonds. The number of nitrogens with one attached hydrogen (secondary N) is 2. The molecule has 0 unspecified atom stereocenters. The molecule has 9 nitrogen and oxygen atoms in total. The first kappa shape index (κ1) is 23.2. The predicted molar refractivity (Wildman–Crippen MR) is 122 cm³/mol. The maximum atomic E-state index is 12.6. The molecule has 0 saturated heterocycles. The Bertz CT molecular complexity index is 1310. The highest BCUT2D eigenvalue weighted by atomic mass is 35.5. The number of carbonyl (C=O) groups is 1. The molecule has 3 rings (SSSR count). The summed E-state index contributed by atoms with van der Waals surface area (Å²) >= 11 is 11.6. The van der Waals surface area contributed by atoms with Gasteiger partial charge in [-0.05, 0) is 42.5 Å². The van der Waals surface area contributed by atoms with E-state index in [2.05, 4.69) is 15.2 Å². The molecule has 0 aliphatic carbocycles. The zero-order chi connectivity index (χ0) is 23.3. The topological polar surface area (TPSA) is 131 Å². The van der Waals surface area contributed by atoms with Gasteiger partial charge in [0.25, 0.3) is 21.6 Å². The summed E-state index contributed by atoms with van der Waals surface area (Å²) < 4.78 is 27.6. The maximum absolute atomic E-state index is 12.6. The first-order valence-corrected chi connectivity index (χ1v) is 11.1. The van der Waals surface area contributed by atoms with Crippen LogP contribution >= 0.6 is 23.2 Å². The van der Waals surface area contributed by atoms with E-state index in [4.69, 9.17) is 23.2 Å². The Labute approximate surface area is 192 Å². The van der Waals surface area contributed by atoms with Gasteiger partial charge in [0.15, 0.2) is 0 Å². The van der Waals surface area contributed by atoms with Gasteiger partial charge in [-0.15, -0.1) is 0 Å². The number of hydrogen-bond donors (Lipinski definition) is 2. The van der Waals surface area contributed by atoms with Crippen molar-refractivity contribution in [3.05, 3.63) is 98.0 Å². The first-order chi connectivity index (χ1) is 15.2. The molecule has 0 saturated carbocycles. The van der Waals surface area contributed by atoms with Crippen molar-refractivity contribution in [2.24, 2.45) is 5.10 Å². The van der Waals surface area contributed by atoms with Crippen LogP contribution in [0, 0.1) is 10.1 Å². The minimum absolute atomic E-state index is 0.0178. The molecular formula is C20H14Cl2N4O5S. The van der Waals surface area contributed by atoms with Gasteiger partial charge in [0.1, 0.15) is 5.02 Å². The number of nitro groups is 1. The van der Waals surface area contributed by atoms with Crippen molar-refractivity contribution in [3.63, 3.8) is 0 Å². The number of para-hydroxylation sites is 1. The van der Waals surface area contributed by atoms with Crippen LogP contribution in [0.3, 0.4) is 0 Å². The average Bonchev–Trinajstić information content (AvgIpc) is 2.75. The minimum atomic E-state index is -3.97. The van der Waals surface area contributed by atoms with Crippen molar-refractivity contribution in [1.82, 2.24) is 5.43 Å². The number of rotatable bonds is 7. The second-order valence-corrected chi connectivity index (χ2v) is 8.80. The normalized spacial score (nSPS) is 11.3. The predicted octanol–water partition coefficient (Wildman–Crippen LogP) is 4.47. The number of hydrazone groups is 1. The zero-order valence-electron chi connectivity index (χ0n) is 16.0. The lowest BCUT2D eigenvalue weighted by Gasteiger charge is -2.11. The van der Waals surface area contributed by atoms with E-state index >= 15 is 0 Å². The fraction of sp³-hybridized carbons (Fsp3) is 0. The molecule has 3 aromatic rings. The summed E-state index contributed by atoms with van der Waals surface area (Å²) in [6.07, 6.45) is 1.20. The molecule has 0 bridgehead atoms. The molecule has 0 fully saturated rings. The summed E-state index contributed by atoms with van der Waals surface area (Å²) in [5.41, 5.74) is 2.35. The fourth-order valence-corrected chi connectivity index (χ4v) is 3.96. The number of hydrogen-bond acceptors (Lipinski definition) is 6. The third-order valence-corrected chi connectivity index (χ3v) is 6.04. The van der Waals surface area contributed by atoms with Gasteiger partial charge in [-0.3, -0.25) is 19.6 Å². The number of nitrogens with zero attached hydrogens (tertiary/aromatic N) is 2. The Morgan fingerprint density at radius 1 is 1.03 bits per heavy atom. The van der Waals surface area contributed by atoms with Crippen molar-refractivity contribution >= 4 is 56.7 Å². The number of benzene rings is 3. The quantitative estimate of drug-likeness (QED) is 0.285. The third kappa shape index (κ3) is 5.61. The Kier molecular flexibility index (Phi) is 7.08. The Morgan fingerprint density at radius 3 is 2.41 bits per heavy atom. The van der Waals surface area contributed by atoms with Gasteiger partial charge in [0.2, 0.25) is 0 Å². The van der Waals surface area contributed by atoms with Crippen LogP contribution in [-0.4, -0.2) is 25.5 Å². The van der Waals surface area contributed by atoms with Crippen molar-refractivity contribution in [2.75, 3.05) is 4.72 Å². The number of amides is 1. The van der Waals surface area contributed by atoms with E-state index in [1.165, 1.54) is 60.8 Å². The molecule has 0 atom stereocenters. The molecule has 12 heteroatoms. The lowest BCUT2D eigenvalue weighted by Crippen LogP contribution is -2.21. The molecule has 32 heavy (non-hydrogen) atoms. The van der Waals surface area contributed by atoms with Crippen molar-refractivity contribution in [1.29, 1.82) is 0 Å². The van der Waals surface area contributed by atoms with Crippen LogP contribution < -0.4 is 10.1 Å². The van der Waals surface area contributed by atoms with Crippen LogP contribution in [0.15, 0.2) is 76.7 Å². The van der Waals surface area contributed by atoms with E-state index in [-0.39, 0.29) is 26.9 Å². The van der Waals surface area contributed by atoms with Crippen LogP contribution in [0.1, 0.15) is 15.9 Å². The summed E-state index contributed by atoms with van der Waals surface area (Å²) in [5.74, 6) is -0.695. The van der Waals surface area contributed by atoms with Gasteiger partial charge in [-0.1, -0.05) is 41.4 Å². The molecule has 0 spiro atoms. The third-order valence-electron chi connectivity index (χ3n) is 4.09. The van der Waals surface area contributed by atoms with Gasteiger partial charge in [0, 0.05) is 16.7 Å². The van der Waals surface area contributed by atoms with Crippen LogP contribution in [0.2, 0.25) is 10.0 Å². The Morgan fingerprint density at radius 2 is 1.72 bits per heavy atom. The lowest BCUT2D eigenvalue weighted by atomic mass is 10.2. The second-order valence-electron chi connectivity index (χ2n) is 6.27. The summed E-state index contributed by atoms with van der Waals surface area (Å²) in [4.78, 5) is 22.8. The van der Waals surface area contributed by atoms with Crippen LogP contribution in [-0.2, 0) is 10.0 Å². The number of sulfonamides is 1. The average molecular weight is 493 g/mol. The number of halogens is 2. The second kappa shape index (κ2) is 9.77.